The van der Waals surface area contributed by atoms with Crippen LogP contribution in [0.15, 0.2) is 12.4 Å². The smallest absolute Gasteiger partial charge is 0.102 e. The fraction of sp³-hybridized carbons (Fsp3) is 0.600. The van der Waals surface area contributed by atoms with Crippen LogP contribution >= 0.6 is 0 Å². The van der Waals surface area contributed by atoms with Crippen LogP contribution in [-0.2, 0) is 11.3 Å². The van der Waals surface area contributed by atoms with Crippen molar-refractivity contribution < 1.29 is 4.74 Å². The Morgan fingerprint density at radius 2 is 2.57 bits per heavy atom. The maximum absolute atomic E-state index is 8.62. The van der Waals surface area contributed by atoms with E-state index in [4.69, 9.17) is 10.00 Å². The van der Waals surface area contributed by atoms with Crippen molar-refractivity contribution in [1.82, 2.24) is 9.78 Å². The molecule has 0 amide bonds. The lowest BCUT2D eigenvalue weighted by Gasteiger charge is -2.22. The third kappa shape index (κ3) is 2.12. The van der Waals surface area contributed by atoms with E-state index in [1.165, 1.54) is 12.8 Å². The molecule has 0 spiro atoms. The molecule has 0 aromatic carbocycles. The van der Waals surface area contributed by atoms with Crippen LogP contribution in [0.1, 0.15) is 24.8 Å². The molecule has 1 aliphatic heterocycles. The molecule has 0 aliphatic carbocycles. The predicted molar refractivity (Wildman–Crippen MR) is 50.5 cm³/mol. The lowest BCUT2D eigenvalue weighted by atomic mass is 10.1. The van der Waals surface area contributed by atoms with Gasteiger partial charge in [0, 0.05) is 12.8 Å². The van der Waals surface area contributed by atoms with Crippen LogP contribution in [0.2, 0.25) is 0 Å². The zero-order valence-corrected chi connectivity index (χ0v) is 8.02. The van der Waals surface area contributed by atoms with Gasteiger partial charge in [0.1, 0.15) is 6.07 Å². The minimum atomic E-state index is 0.273. The van der Waals surface area contributed by atoms with Crippen molar-refractivity contribution in [2.75, 3.05) is 6.61 Å². The van der Waals surface area contributed by atoms with Gasteiger partial charge < -0.3 is 4.74 Å². The van der Waals surface area contributed by atoms with E-state index in [-0.39, 0.29) is 6.10 Å². The predicted octanol–water partition coefficient (Wildman–Crippen LogP) is 1.32. The Balaban J connectivity index is 1.93. The molecule has 1 unspecified atom stereocenters. The van der Waals surface area contributed by atoms with E-state index in [0.717, 1.165) is 19.6 Å². The molecule has 1 saturated heterocycles. The van der Waals surface area contributed by atoms with Crippen molar-refractivity contribution in [3.63, 3.8) is 0 Å². The first-order valence-electron chi connectivity index (χ1n) is 4.92. The van der Waals surface area contributed by atoms with Crippen molar-refractivity contribution in [3.8, 4) is 6.07 Å². The van der Waals surface area contributed by atoms with Crippen LogP contribution in [-0.4, -0.2) is 22.5 Å². The number of rotatable bonds is 2. The highest BCUT2D eigenvalue weighted by Crippen LogP contribution is 2.14. The second-order valence-corrected chi connectivity index (χ2v) is 3.55. The molecule has 1 aromatic rings. The summed E-state index contributed by atoms with van der Waals surface area (Å²) < 4.78 is 7.37. The molecule has 1 atom stereocenters. The van der Waals surface area contributed by atoms with E-state index < -0.39 is 0 Å². The van der Waals surface area contributed by atoms with Crippen molar-refractivity contribution >= 4 is 0 Å². The molecular weight excluding hydrogens is 178 g/mol. The van der Waals surface area contributed by atoms with Gasteiger partial charge in [-0.15, -0.1) is 0 Å². The standard InChI is InChI=1S/C10H13N3O/c11-5-9-6-12-13(7-9)8-10-3-1-2-4-14-10/h6-7,10H,1-4,8H2. The molecule has 1 fully saturated rings. The molecule has 4 heteroatoms. The molecule has 0 bridgehead atoms. The van der Waals surface area contributed by atoms with Crippen LogP contribution in [0.5, 0.6) is 0 Å². The van der Waals surface area contributed by atoms with Crippen LogP contribution in [0, 0.1) is 11.3 Å². The average Bonchev–Trinajstić information content (AvgIpc) is 2.67. The Bertz CT molecular complexity index is 333. The maximum atomic E-state index is 8.62. The highest BCUT2D eigenvalue weighted by atomic mass is 16.5. The van der Waals surface area contributed by atoms with Gasteiger partial charge in [-0.3, -0.25) is 4.68 Å². The molecule has 0 saturated carbocycles. The van der Waals surface area contributed by atoms with E-state index in [1.54, 1.807) is 17.1 Å². The van der Waals surface area contributed by atoms with Gasteiger partial charge in [0.05, 0.1) is 24.4 Å². The fourth-order valence-corrected chi connectivity index (χ4v) is 1.68. The second-order valence-electron chi connectivity index (χ2n) is 3.55. The van der Waals surface area contributed by atoms with Crippen molar-refractivity contribution in [1.29, 1.82) is 5.26 Å². The van der Waals surface area contributed by atoms with Crippen molar-refractivity contribution in [2.45, 2.75) is 31.9 Å². The van der Waals surface area contributed by atoms with Crippen LogP contribution < -0.4 is 0 Å². The van der Waals surface area contributed by atoms with Gasteiger partial charge >= 0.3 is 0 Å². The zero-order chi connectivity index (χ0) is 9.80. The lowest BCUT2D eigenvalue weighted by Crippen LogP contribution is -2.24. The fourth-order valence-electron chi connectivity index (χ4n) is 1.68. The number of nitriles is 1. The van der Waals surface area contributed by atoms with E-state index in [9.17, 15) is 0 Å². The highest BCUT2D eigenvalue weighted by molar-refractivity contribution is 5.21. The van der Waals surface area contributed by atoms with Gasteiger partial charge in [-0.2, -0.15) is 10.4 Å². The Morgan fingerprint density at radius 3 is 3.21 bits per heavy atom. The molecule has 1 aromatic heterocycles. The quantitative estimate of drug-likeness (QED) is 0.708. The molecule has 14 heavy (non-hydrogen) atoms. The van der Waals surface area contributed by atoms with E-state index in [0.29, 0.717) is 5.56 Å². The van der Waals surface area contributed by atoms with E-state index >= 15 is 0 Å². The molecular formula is C10H13N3O. The van der Waals surface area contributed by atoms with Gasteiger partial charge in [-0.05, 0) is 19.3 Å². The summed E-state index contributed by atoms with van der Waals surface area (Å²) >= 11 is 0. The SMILES string of the molecule is N#Cc1cnn(CC2CCCCO2)c1. The molecule has 0 radical (unpaired) electrons. The van der Waals surface area contributed by atoms with Gasteiger partial charge in [-0.1, -0.05) is 0 Å². The molecule has 2 rings (SSSR count). The summed E-state index contributed by atoms with van der Waals surface area (Å²) in [6.07, 6.45) is 7.12. The normalized spacial score (nSPS) is 21.8. The third-order valence-corrected chi connectivity index (χ3v) is 2.43. The Kier molecular flexibility index (Phi) is 2.80. The number of hydrogen-bond donors (Lipinski definition) is 0. The summed E-state index contributed by atoms with van der Waals surface area (Å²) in [5, 5.41) is 12.7. The molecule has 0 N–H and O–H groups in total. The summed E-state index contributed by atoms with van der Waals surface area (Å²) in [4.78, 5) is 0. The molecule has 1 aliphatic rings. The number of ether oxygens (including phenoxy) is 1. The first-order valence-corrected chi connectivity index (χ1v) is 4.92. The summed E-state index contributed by atoms with van der Waals surface area (Å²) in [5.74, 6) is 0. The largest absolute Gasteiger partial charge is 0.376 e. The Labute approximate surface area is 83.1 Å². The first kappa shape index (κ1) is 9.22. The molecule has 4 nitrogen and oxygen atoms in total. The van der Waals surface area contributed by atoms with Crippen molar-refractivity contribution in [2.24, 2.45) is 0 Å². The first-order chi connectivity index (χ1) is 6.88. The minimum Gasteiger partial charge on any atom is -0.376 e. The van der Waals surface area contributed by atoms with E-state index in [2.05, 4.69) is 11.2 Å². The summed E-state index contributed by atoms with van der Waals surface area (Å²) in [5.41, 5.74) is 0.612. The minimum absolute atomic E-state index is 0.273. The Hall–Kier alpha value is -1.34. The number of aromatic nitrogens is 2. The second kappa shape index (κ2) is 4.25. The monoisotopic (exact) mass is 191 g/mol. The van der Waals surface area contributed by atoms with Crippen LogP contribution in [0.25, 0.3) is 0 Å². The number of hydrogen-bond acceptors (Lipinski definition) is 3. The van der Waals surface area contributed by atoms with Crippen LogP contribution in [0.3, 0.4) is 0 Å². The highest BCUT2D eigenvalue weighted by Gasteiger charge is 2.14. The topological polar surface area (TPSA) is 50.8 Å². The van der Waals surface area contributed by atoms with Crippen molar-refractivity contribution in [3.05, 3.63) is 18.0 Å². The van der Waals surface area contributed by atoms with E-state index in [1.807, 2.05) is 0 Å². The average molecular weight is 191 g/mol. The zero-order valence-electron chi connectivity index (χ0n) is 8.02. The molecule has 2 heterocycles. The summed E-state index contributed by atoms with van der Waals surface area (Å²) in [7, 11) is 0. The van der Waals surface area contributed by atoms with Gasteiger partial charge in [-0.25, -0.2) is 0 Å². The lowest BCUT2D eigenvalue weighted by molar-refractivity contribution is 0.00399. The van der Waals surface area contributed by atoms with Gasteiger partial charge in [0.25, 0.3) is 0 Å². The van der Waals surface area contributed by atoms with Crippen LogP contribution in [0.4, 0.5) is 0 Å². The summed E-state index contributed by atoms with van der Waals surface area (Å²) in [6, 6.07) is 2.06. The van der Waals surface area contributed by atoms with Gasteiger partial charge in [0.2, 0.25) is 0 Å². The maximum Gasteiger partial charge on any atom is 0.102 e. The third-order valence-electron chi connectivity index (χ3n) is 2.43. The molecule has 74 valence electrons. The Morgan fingerprint density at radius 1 is 1.64 bits per heavy atom. The summed E-state index contributed by atoms with van der Waals surface area (Å²) in [6.45, 7) is 1.62. The number of nitrogens with zero attached hydrogens (tertiary/aromatic N) is 3. The van der Waals surface area contributed by atoms with Gasteiger partial charge in [0.15, 0.2) is 0 Å².